The number of aliphatic hydroxyl groups is 3. The summed E-state index contributed by atoms with van der Waals surface area (Å²) in [6, 6.07) is 13.3. The molecule has 7 heteroatoms. The van der Waals surface area contributed by atoms with Crippen LogP contribution in [-0.2, 0) is 20.9 Å². The van der Waals surface area contributed by atoms with Crippen LogP contribution in [0.15, 0.2) is 42.5 Å². The van der Waals surface area contributed by atoms with E-state index in [-0.39, 0.29) is 6.61 Å². The van der Waals surface area contributed by atoms with Crippen molar-refractivity contribution < 1.29 is 34.7 Å². The van der Waals surface area contributed by atoms with Gasteiger partial charge >= 0.3 is 5.97 Å². The maximum atomic E-state index is 11.1. The number of hydrogen-bond acceptors (Lipinski definition) is 6. The lowest BCUT2D eigenvalue weighted by molar-refractivity contribution is -0.297. The summed E-state index contributed by atoms with van der Waals surface area (Å²) in [4.78, 5) is 11.1. The van der Waals surface area contributed by atoms with Crippen LogP contribution < -0.4 is 0 Å². The average molecular weight is 334 g/mol. The first kappa shape index (κ1) is 16.8. The van der Waals surface area contributed by atoms with Crippen LogP contribution in [0.4, 0.5) is 0 Å². The molecule has 4 N–H and O–H groups in total. The van der Waals surface area contributed by atoms with E-state index in [4.69, 9.17) is 14.6 Å². The highest BCUT2D eigenvalue weighted by atomic mass is 16.7. The third-order valence-corrected chi connectivity index (χ3v) is 4.10. The minimum atomic E-state index is -1.73. The van der Waals surface area contributed by atoms with Crippen molar-refractivity contribution in [1.82, 2.24) is 0 Å². The number of ether oxygens (including phenoxy) is 2. The summed E-state index contributed by atoms with van der Waals surface area (Å²) in [5.74, 6) is -1.44. The Bertz CT molecular complexity index is 726. The Morgan fingerprint density at radius 2 is 1.71 bits per heavy atom. The van der Waals surface area contributed by atoms with Crippen LogP contribution >= 0.6 is 0 Å². The van der Waals surface area contributed by atoms with Crippen LogP contribution in [0.25, 0.3) is 10.8 Å². The number of carboxylic acid groups (broad SMARTS) is 1. The highest BCUT2D eigenvalue weighted by Gasteiger charge is 2.47. The third kappa shape index (κ3) is 3.12. The maximum absolute atomic E-state index is 11.1. The van der Waals surface area contributed by atoms with Gasteiger partial charge in [0.1, 0.15) is 18.3 Å². The van der Waals surface area contributed by atoms with Gasteiger partial charge in [-0.1, -0.05) is 42.5 Å². The smallest absolute Gasteiger partial charge is 0.335 e. The third-order valence-electron chi connectivity index (χ3n) is 4.10. The summed E-state index contributed by atoms with van der Waals surface area (Å²) in [6.07, 6.45) is -7.97. The lowest BCUT2D eigenvalue weighted by atomic mass is 9.99. The molecule has 128 valence electrons. The van der Waals surface area contributed by atoms with E-state index in [0.29, 0.717) is 0 Å². The molecule has 7 nitrogen and oxygen atoms in total. The van der Waals surface area contributed by atoms with Crippen LogP contribution in [0.5, 0.6) is 0 Å². The van der Waals surface area contributed by atoms with E-state index in [0.717, 1.165) is 16.3 Å². The first-order valence-electron chi connectivity index (χ1n) is 7.50. The summed E-state index contributed by atoms with van der Waals surface area (Å²) < 4.78 is 10.6. The number of fused-ring (bicyclic) bond motifs is 1. The van der Waals surface area contributed by atoms with Gasteiger partial charge in [-0.25, -0.2) is 4.79 Å². The average Bonchev–Trinajstić information content (AvgIpc) is 2.59. The van der Waals surface area contributed by atoms with Gasteiger partial charge in [-0.05, 0) is 16.3 Å². The van der Waals surface area contributed by atoms with Gasteiger partial charge in [0.2, 0.25) is 0 Å². The fourth-order valence-electron chi connectivity index (χ4n) is 2.78. The van der Waals surface area contributed by atoms with E-state index >= 15 is 0 Å². The van der Waals surface area contributed by atoms with E-state index in [1.165, 1.54) is 0 Å². The van der Waals surface area contributed by atoms with Crippen molar-refractivity contribution in [1.29, 1.82) is 0 Å². The molecule has 0 radical (unpaired) electrons. The van der Waals surface area contributed by atoms with Gasteiger partial charge in [-0.3, -0.25) is 0 Å². The zero-order valence-electron chi connectivity index (χ0n) is 12.6. The zero-order valence-corrected chi connectivity index (χ0v) is 12.6. The number of rotatable bonds is 4. The molecular weight excluding hydrogens is 316 g/mol. The zero-order chi connectivity index (χ0) is 17.3. The summed E-state index contributed by atoms with van der Waals surface area (Å²) >= 11 is 0. The lowest BCUT2D eigenvalue weighted by Gasteiger charge is -2.38. The van der Waals surface area contributed by atoms with Crippen molar-refractivity contribution in [3.05, 3.63) is 48.0 Å². The predicted molar refractivity (Wildman–Crippen MR) is 83.1 cm³/mol. The first-order valence-corrected chi connectivity index (χ1v) is 7.50. The van der Waals surface area contributed by atoms with Gasteiger partial charge in [0, 0.05) is 0 Å². The molecule has 0 bridgehead atoms. The van der Waals surface area contributed by atoms with Gasteiger partial charge in [0.05, 0.1) is 6.61 Å². The minimum Gasteiger partial charge on any atom is -0.479 e. The molecule has 1 saturated heterocycles. The van der Waals surface area contributed by atoms with Crippen molar-refractivity contribution in [2.45, 2.75) is 37.3 Å². The van der Waals surface area contributed by atoms with Crippen LogP contribution in [0.3, 0.4) is 0 Å². The lowest BCUT2D eigenvalue weighted by Crippen LogP contribution is -2.60. The second kappa shape index (κ2) is 6.84. The molecule has 1 aliphatic rings. The van der Waals surface area contributed by atoms with Gasteiger partial charge in [0.15, 0.2) is 12.4 Å². The molecule has 0 saturated carbocycles. The SMILES string of the molecule is O=C(O)C1OC(OCc2cccc3ccccc23)C(O)C(O)C1O. The van der Waals surface area contributed by atoms with E-state index in [9.17, 15) is 20.1 Å². The number of benzene rings is 2. The van der Waals surface area contributed by atoms with Crippen molar-refractivity contribution in [2.75, 3.05) is 0 Å². The van der Waals surface area contributed by atoms with E-state index in [2.05, 4.69) is 0 Å². The van der Waals surface area contributed by atoms with Gasteiger partial charge in [-0.15, -0.1) is 0 Å². The summed E-state index contributed by atoms with van der Waals surface area (Å²) in [6.45, 7) is 0.0538. The number of aliphatic carboxylic acids is 1. The van der Waals surface area contributed by atoms with Crippen molar-refractivity contribution in [3.8, 4) is 0 Å². The van der Waals surface area contributed by atoms with E-state index < -0.39 is 36.7 Å². The Morgan fingerprint density at radius 3 is 2.46 bits per heavy atom. The number of carboxylic acids is 1. The molecule has 2 aromatic carbocycles. The summed E-state index contributed by atoms with van der Waals surface area (Å²) in [5, 5.41) is 40.4. The molecule has 0 aliphatic carbocycles. The predicted octanol–water partition coefficient (Wildman–Crippen LogP) is 0.249. The number of carbonyl (C=O) groups is 1. The second-order valence-electron chi connectivity index (χ2n) is 5.68. The summed E-state index contributed by atoms with van der Waals surface area (Å²) in [5.41, 5.74) is 0.830. The Kier molecular flexibility index (Phi) is 4.79. The quantitative estimate of drug-likeness (QED) is 0.633. The molecule has 1 heterocycles. The molecular formula is C17H18O7. The first-order chi connectivity index (χ1) is 11.5. The van der Waals surface area contributed by atoms with Gasteiger partial charge in [0.25, 0.3) is 0 Å². The Morgan fingerprint density at radius 1 is 1.00 bits per heavy atom. The Hall–Kier alpha value is -2.03. The molecule has 5 atom stereocenters. The highest BCUT2D eigenvalue weighted by Crippen LogP contribution is 2.25. The normalized spacial score (nSPS) is 30.4. The molecule has 3 rings (SSSR count). The molecule has 1 fully saturated rings. The molecule has 5 unspecified atom stereocenters. The molecule has 2 aromatic rings. The fraction of sp³-hybridized carbons (Fsp3) is 0.353. The van der Waals surface area contributed by atoms with Crippen molar-refractivity contribution in [2.24, 2.45) is 0 Å². The van der Waals surface area contributed by atoms with Gasteiger partial charge in [-0.2, -0.15) is 0 Å². The van der Waals surface area contributed by atoms with Crippen molar-refractivity contribution >= 4 is 16.7 Å². The standard InChI is InChI=1S/C17H18O7/c18-12-13(19)15(16(21)22)24-17(14(12)20)23-8-10-6-3-5-9-4-1-2-7-11(9)10/h1-7,12-15,17-20H,8H2,(H,21,22). The maximum Gasteiger partial charge on any atom is 0.335 e. The minimum absolute atomic E-state index is 0.0538. The Balaban J connectivity index is 1.76. The summed E-state index contributed by atoms with van der Waals surface area (Å²) in [7, 11) is 0. The van der Waals surface area contributed by atoms with Crippen LogP contribution in [0.1, 0.15) is 5.56 Å². The van der Waals surface area contributed by atoms with Gasteiger partial charge < -0.3 is 29.9 Å². The number of aliphatic hydroxyl groups excluding tert-OH is 3. The largest absolute Gasteiger partial charge is 0.479 e. The monoisotopic (exact) mass is 334 g/mol. The number of hydrogen-bond donors (Lipinski definition) is 4. The molecule has 1 aliphatic heterocycles. The van der Waals surface area contributed by atoms with Crippen LogP contribution in [-0.4, -0.2) is 57.1 Å². The molecule has 24 heavy (non-hydrogen) atoms. The van der Waals surface area contributed by atoms with Crippen LogP contribution in [0.2, 0.25) is 0 Å². The molecule has 0 spiro atoms. The highest BCUT2D eigenvalue weighted by molar-refractivity contribution is 5.85. The molecule has 0 amide bonds. The van der Waals surface area contributed by atoms with E-state index in [1.807, 2.05) is 42.5 Å². The Labute approximate surface area is 137 Å². The second-order valence-corrected chi connectivity index (χ2v) is 5.68. The molecule has 0 aromatic heterocycles. The topological polar surface area (TPSA) is 116 Å². The van der Waals surface area contributed by atoms with E-state index in [1.54, 1.807) is 0 Å². The van der Waals surface area contributed by atoms with Crippen molar-refractivity contribution in [3.63, 3.8) is 0 Å². The van der Waals surface area contributed by atoms with Crippen LogP contribution in [0, 0.1) is 0 Å². The fourth-order valence-corrected chi connectivity index (χ4v) is 2.78.